The lowest BCUT2D eigenvalue weighted by molar-refractivity contribution is -0.147. The van der Waals surface area contributed by atoms with Crippen LogP contribution in [-0.2, 0) is 19.0 Å². The second-order valence-electron chi connectivity index (χ2n) is 4.17. The first-order valence-corrected chi connectivity index (χ1v) is 5.55. The van der Waals surface area contributed by atoms with Crippen LogP contribution in [0.25, 0.3) is 0 Å². The van der Waals surface area contributed by atoms with Gasteiger partial charge in [0, 0.05) is 33.9 Å². The van der Waals surface area contributed by atoms with Crippen LogP contribution in [0.5, 0.6) is 0 Å². The fourth-order valence-corrected chi connectivity index (χ4v) is 1.47. The zero-order chi connectivity index (χ0) is 13.3. The van der Waals surface area contributed by atoms with E-state index in [9.17, 15) is 4.79 Å². The number of esters is 1. The Bertz CT molecular complexity index is 214. The highest BCUT2D eigenvalue weighted by Gasteiger charge is 2.31. The third kappa shape index (κ3) is 6.58. The van der Waals surface area contributed by atoms with E-state index in [4.69, 9.17) is 15.2 Å². The molecule has 1 unspecified atom stereocenters. The van der Waals surface area contributed by atoms with Crippen molar-refractivity contribution in [2.24, 2.45) is 5.73 Å². The van der Waals surface area contributed by atoms with Crippen molar-refractivity contribution in [1.82, 2.24) is 4.90 Å². The smallest absolute Gasteiger partial charge is 0.326 e. The summed E-state index contributed by atoms with van der Waals surface area (Å²) < 4.78 is 14.7. The average Bonchev–Trinajstić information content (AvgIpc) is 2.31. The van der Waals surface area contributed by atoms with E-state index in [0.29, 0.717) is 32.8 Å². The summed E-state index contributed by atoms with van der Waals surface area (Å²) >= 11 is 0. The highest BCUT2D eigenvalue weighted by Crippen LogP contribution is 2.05. The minimum Gasteiger partial charge on any atom is -0.468 e. The highest BCUT2D eigenvalue weighted by molar-refractivity contribution is 5.80. The molecule has 102 valence electrons. The number of hydrogen-bond donors (Lipinski definition) is 1. The summed E-state index contributed by atoms with van der Waals surface area (Å²) in [5, 5.41) is 0. The first-order valence-electron chi connectivity index (χ1n) is 5.55. The lowest BCUT2D eigenvalue weighted by Gasteiger charge is -2.30. The van der Waals surface area contributed by atoms with E-state index in [-0.39, 0.29) is 0 Å². The van der Waals surface area contributed by atoms with Gasteiger partial charge in [0.25, 0.3) is 0 Å². The SMILES string of the molecule is COCCN(CCOC)CC(C)(N)C(=O)OC. The predicted molar refractivity (Wildman–Crippen MR) is 64.8 cm³/mol. The molecule has 0 aliphatic carbocycles. The Morgan fingerprint density at radius 3 is 2.00 bits per heavy atom. The van der Waals surface area contributed by atoms with Crippen molar-refractivity contribution in [3.63, 3.8) is 0 Å². The average molecular weight is 248 g/mol. The zero-order valence-corrected chi connectivity index (χ0v) is 11.2. The van der Waals surface area contributed by atoms with Gasteiger partial charge in [-0.1, -0.05) is 0 Å². The maximum atomic E-state index is 11.5. The summed E-state index contributed by atoms with van der Waals surface area (Å²) in [7, 11) is 4.61. The van der Waals surface area contributed by atoms with Gasteiger partial charge in [-0.3, -0.25) is 9.69 Å². The fraction of sp³-hybridized carbons (Fsp3) is 0.909. The summed E-state index contributed by atoms with van der Waals surface area (Å²) in [6.07, 6.45) is 0. The van der Waals surface area contributed by atoms with Crippen molar-refractivity contribution >= 4 is 5.97 Å². The van der Waals surface area contributed by atoms with Crippen molar-refractivity contribution in [1.29, 1.82) is 0 Å². The van der Waals surface area contributed by atoms with Crippen molar-refractivity contribution in [3.8, 4) is 0 Å². The van der Waals surface area contributed by atoms with Crippen LogP contribution in [0, 0.1) is 0 Å². The maximum Gasteiger partial charge on any atom is 0.326 e. The number of rotatable bonds is 9. The van der Waals surface area contributed by atoms with Crippen molar-refractivity contribution < 1.29 is 19.0 Å². The van der Waals surface area contributed by atoms with Gasteiger partial charge >= 0.3 is 5.97 Å². The van der Waals surface area contributed by atoms with Crippen molar-refractivity contribution in [2.75, 3.05) is 54.2 Å². The molecular formula is C11H24N2O4. The van der Waals surface area contributed by atoms with Crippen LogP contribution in [0.4, 0.5) is 0 Å². The van der Waals surface area contributed by atoms with Gasteiger partial charge in [0.1, 0.15) is 5.54 Å². The quantitative estimate of drug-likeness (QED) is 0.553. The van der Waals surface area contributed by atoms with Gasteiger partial charge in [-0.15, -0.1) is 0 Å². The molecule has 6 heteroatoms. The summed E-state index contributed by atoms with van der Waals surface area (Å²) in [5.74, 6) is -0.419. The van der Waals surface area contributed by atoms with Gasteiger partial charge in [0.05, 0.1) is 20.3 Å². The Morgan fingerprint density at radius 2 is 1.65 bits per heavy atom. The van der Waals surface area contributed by atoms with Crippen molar-refractivity contribution in [2.45, 2.75) is 12.5 Å². The Labute approximate surface area is 103 Å². The van der Waals surface area contributed by atoms with Gasteiger partial charge in [-0.2, -0.15) is 0 Å². The zero-order valence-electron chi connectivity index (χ0n) is 11.2. The highest BCUT2D eigenvalue weighted by atomic mass is 16.5. The van der Waals surface area contributed by atoms with E-state index in [1.54, 1.807) is 21.1 Å². The Kier molecular flexibility index (Phi) is 8.07. The van der Waals surface area contributed by atoms with Gasteiger partial charge in [0.15, 0.2) is 0 Å². The third-order valence-corrected chi connectivity index (χ3v) is 2.43. The minimum absolute atomic E-state index is 0.409. The molecule has 0 saturated carbocycles. The molecular weight excluding hydrogens is 224 g/mol. The molecule has 17 heavy (non-hydrogen) atoms. The monoisotopic (exact) mass is 248 g/mol. The van der Waals surface area contributed by atoms with Crippen LogP contribution in [-0.4, -0.2) is 70.6 Å². The number of nitrogens with two attached hydrogens (primary N) is 1. The summed E-state index contributed by atoms with van der Waals surface area (Å²) in [6, 6.07) is 0. The number of nitrogens with zero attached hydrogens (tertiary/aromatic N) is 1. The number of methoxy groups -OCH3 is 3. The van der Waals surface area contributed by atoms with E-state index in [2.05, 4.69) is 4.74 Å². The van der Waals surface area contributed by atoms with Crippen molar-refractivity contribution in [3.05, 3.63) is 0 Å². The summed E-state index contributed by atoms with van der Waals surface area (Å²) in [4.78, 5) is 13.5. The maximum absolute atomic E-state index is 11.5. The van der Waals surface area contributed by atoms with E-state index >= 15 is 0 Å². The number of carbonyl (C=O) groups excluding carboxylic acids is 1. The molecule has 0 heterocycles. The molecule has 0 amide bonds. The molecule has 0 bridgehead atoms. The number of carbonyl (C=O) groups is 1. The molecule has 0 spiro atoms. The number of hydrogen-bond acceptors (Lipinski definition) is 6. The van der Waals surface area contributed by atoms with Crippen LogP contribution in [0.15, 0.2) is 0 Å². The standard InChI is InChI=1S/C11H24N2O4/c1-11(12,10(14)17-4)9-13(5-7-15-2)6-8-16-3/h5-9,12H2,1-4H3. The Balaban J connectivity index is 4.33. The second-order valence-corrected chi connectivity index (χ2v) is 4.17. The van der Waals surface area contributed by atoms with Gasteiger partial charge in [0.2, 0.25) is 0 Å². The lowest BCUT2D eigenvalue weighted by Crippen LogP contribution is -2.55. The van der Waals surface area contributed by atoms with Gasteiger partial charge < -0.3 is 19.9 Å². The number of ether oxygens (including phenoxy) is 3. The molecule has 0 aromatic heterocycles. The minimum atomic E-state index is -1.02. The third-order valence-electron chi connectivity index (χ3n) is 2.43. The molecule has 0 saturated heterocycles. The molecule has 0 aliphatic heterocycles. The molecule has 0 rings (SSSR count). The first kappa shape index (κ1) is 16.3. The predicted octanol–water partition coefficient (Wildman–Crippen LogP) is -0.528. The van der Waals surface area contributed by atoms with E-state index < -0.39 is 11.5 Å². The topological polar surface area (TPSA) is 74.0 Å². The normalized spacial score (nSPS) is 14.7. The molecule has 0 aliphatic rings. The largest absolute Gasteiger partial charge is 0.468 e. The van der Waals surface area contributed by atoms with Crippen LogP contribution in [0.3, 0.4) is 0 Å². The van der Waals surface area contributed by atoms with Crippen LogP contribution in [0.1, 0.15) is 6.92 Å². The fourth-order valence-electron chi connectivity index (χ4n) is 1.47. The van der Waals surface area contributed by atoms with E-state index in [1.807, 2.05) is 4.90 Å². The Morgan fingerprint density at radius 1 is 1.18 bits per heavy atom. The molecule has 0 fully saturated rings. The molecule has 2 N–H and O–H groups in total. The molecule has 6 nitrogen and oxygen atoms in total. The van der Waals surface area contributed by atoms with Crippen LogP contribution in [0.2, 0.25) is 0 Å². The first-order chi connectivity index (χ1) is 7.97. The molecule has 1 atom stereocenters. The van der Waals surface area contributed by atoms with Gasteiger partial charge in [-0.05, 0) is 6.92 Å². The summed E-state index contributed by atoms with van der Waals surface area (Å²) in [5.41, 5.74) is 4.90. The van der Waals surface area contributed by atoms with Crippen LogP contribution >= 0.6 is 0 Å². The van der Waals surface area contributed by atoms with E-state index in [0.717, 1.165) is 0 Å². The Hall–Kier alpha value is -0.690. The molecule has 0 aromatic carbocycles. The summed E-state index contributed by atoms with van der Waals surface area (Å²) in [6.45, 7) is 4.63. The molecule has 0 aromatic rings. The second kappa shape index (κ2) is 8.41. The lowest BCUT2D eigenvalue weighted by atomic mass is 10.0. The molecule has 0 radical (unpaired) electrons. The van der Waals surface area contributed by atoms with Crippen LogP contribution < -0.4 is 5.73 Å². The van der Waals surface area contributed by atoms with Gasteiger partial charge in [-0.25, -0.2) is 0 Å². The van der Waals surface area contributed by atoms with E-state index in [1.165, 1.54) is 7.11 Å².